The van der Waals surface area contributed by atoms with Crippen LogP contribution in [-0.2, 0) is 11.2 Å². The van der Waals surface area contributed by atoms with Crippen LogP contribution in [0.3, 0.4) is 0 Å². The quantitative estimate of drug-likeness (QED) is 0.867. The molecule has 0 aliphatic heterocycles. The number of rotatable bonds is 5. The van der Waals surface area contributed by atoms with Gasteiger partial charge in [-0.15, -0.1) is 0 Å². The summed E-state index contributed by atoms with van der Waals surface area (Å²) in [7, 11) is 0. The normalized spacial score (nSPS) is 17.7. The number of nitrogens with two attached hydrogens (primary N) is 1. The molecule has 3 N–H and O–H groups in total. The third-order valence-corrected chi connectivity index (χ3v) is 4.34. The highest BCUT2D eigenvalue weighted by molar-refractivity contribution is 5.77. The Hall–Kier alpha value is -1.35. The molecule has 3 heteroatoms. The van der Waals surface area contributed by atoms with Crippen molar-refractivity contribution < 1.29 is 4.79 Å². The predicted molar refractivity (Wildman–Crippen MR) is 82.5 cm³/mol. The van der Waals surface area contributed by atoms with Gasteiger partial charge >= 0.3 is 0 Å². The van der Waals surface area contributed by atoms with Crippen molar-refractivity contribution in [1.29, 1.82) is 0 Å². The average Bonchev–Trinajstić information content (AvgIpc) is 2.41. The van der Waals surface area contributed by atoms with Crippen molar-refractivity contribution in [3.63, 3.8) is 0 Å². The molecular formula is C17H26N2O. The third-order valence-electron chi connectivity index (χ3n) is 4.34. The molecule has 1 amide bonds. The Morgan fingerprint density at radius 1 is 1.25 bits per heavy atom. The number of carbonyl (C=O) groups excluding carboxylic acids is 1. The Morgan fingerprint density at radius 2 is 1.95 bits per heavy atom. The molecule has 0 spiro atoms. The van der Waals surface area contributed by atoms with E-state index < -0.39 is 0 Å². The standard InChI is InChI=1S/C17H26N2O/c1-14-7-3-4-8-15(14)9-12-19-16(20)13-17(18)10-5-2-6-11-17/h3-4,7-8H,2,5-6,9-13,18H2,1H3,(H,19,20). The Labute approximate surface area is 121 Å². The zero-order chi connectivity index (χ0) is 14.4. The number of hydrogen-bond acceptors (Lipinski definition) is 2. The van der Waals surface area contributed by atoms with Crippen molar-refractivity contribution in [2.24, 2.45) is 5.73 Å². The second-order valence-electron chi connectivity index (χ2n) is 6.13. The number of nitrogens with one attached hydrogen (secondary N) is 1. The van der Waals surface area contributed by atoms with Crippen LogP contribution in [0.4, 0.5) is 0 Å². The first-order valence-electron chi connectivity index (χ1n) is 7.69. The van der Waals surface area contributed by atoms with E-state index in [1.165, 1.54) is 17.5 Å². The summed E-state index contributed by atoms with van der Waals surface area (Å²) in [6.45, 7) is 2.80. The summed E-state index contributed by atoms with van der Waals surface area (Å²) < 4.78 is 0. The van der Waals surface area contributed by atoms with Gasteiger partial charge in [-0.05, 0) is 37.3 Å². The maximum absolute atomic E-state index is 12.0. The van der Waals surface area contributed by atoms with Crippen LogP contribution >= 0.6 is 0 Å². The second-order valence-corrected chi connectivity index (χ2v) is 6.13. The molecule has 0 bridgehead atoms. The Balaban J connectivity index is 1.74. The van der Waals surface area contributed by atoms with E-state index in [2.05, 4.69) is 24.4 Å². The topological polar surface area (TPSA) is 55.1 Å². The molecule has 1 aromatic carbocycles. The van der Waals surface area contributed by atoms with Crippen LogP contribution in [0.1, 0.15) is 49.7 Å². The van der Waals surface area contributed by atoms with Crippen LogP contribution in [0.2, 0.25) is 0 Å². The number of hydrogen-bond donors (Lipinski definition) is 2. The van der Waals surface area contributed by atoms with E-state index in [0.29, 0.717) is 13.0 Å². The molecule has 1 saturated carbocycles. The minimum absolute atomic E-state index is 0.1000. The van der Waals surface area contributed by atoms with Crippen molar-refractivity contribution in [1.82, 2.24) is 5.32 Å². The zero-order valence-corrected chi connectivity index (χ0v) is 12.5. The summed E-state index contributed by atoms with van der Waals surface area (Å²) >= 11 is 0. The molecule has 0 heterocycles. The Bertz CT molecular complexity index is 450. The molecule has 1 aliphatic carbocycles. The monoisotopic (exact) mass is 274 g/mol. The SMILES string of the molecule is Cc1ccccc1CCNC(=O)CC1(N)CCCCC1. The first-order valence-corrected chi connectivity index (χ1v) is 7.69. The fraction of sp³-hybridized carbons (Fsp3) is 0.588. The lowest BCUT2D eigenvalue weighted by molar-refractivity contribution is -0.122. The molecule has 1 aromatic rings. The van der Waals surface area contributed by atoms with Gasteiger partial charge in [-0.1, -0.05) is 43.5 Å². The van der Waals surface area contributed by atoms with Crippen LogP contribution in [0.15, 0.2) is 24.3 Å². The molecule has 1 fully saturated rings. The Morgan fingerprint density at radius 3 is 2.65 bits per heavy atom. The molecule has 20 heavy (non-hydrogen) atoms. The van der Waals surface area contributed by atoms with E-state index in [1.54, 1.807) is 0 Å². The van der Waals surface area contributed by atoms with Gasteiger partial charge in [-0.25, -0.2) is 0 Å². The van der Waals surface area contributed by atoms with E-state index in [0.717, 1.165) is 32.1 Å². The number of amides is 1. The van der Waals surface area contributed by atoms with Gasteiger partial charge in [0.05, 0.1) is 0 Å². The van der Waals surface area contributed by atoms with Crippen molar-refractivity contribution in [3.8, 4) is 0 Å². The van der Waals surface area contributed by atoms with Crippen molar-refractivity contribution in [3.05, 3.63) is 35.4 Å². The Kier molecular flexibility index (Phi) is 5.18. The minimum Gasteiger partial charge on any atom is -0.356 e. The van der Waals surface area contributed by atoms with Gasteiger partial charge in [-0.2, -0.15) is 0 Å². The maximum Gasteiger partial charge on any atom is 0.221 e. The fourth-order valence-electron chi connectivity index (χ4n) is 3.04. The minimum atomic E-state index is -0.259. The van der Waals surface area contributed by atoms with Crippen LogP contribution < -0.4 is 11.1 Å². The predicted octanol–water partition coefficient (Wildman–Crippen LogP) is 2.71. The zero-order valence-electron chi connectivity index (χ0n) is 12.5. The molecule has 0 saturated heterocycles. The van der Waals surface area contributed by atoms with Crippen molar-refractivity contribution in [2.75, 3.05) is 6.54 Å². The summed E-state index contributed by atoms with van der Waals surface area (Å²) in [5, 5.41) is 3.01. The average molecular weight is 274 g/mol. The highest BCUT2D eigenvalue weighted by Crippen LogP contribution is 2.28. The summed E-state index contributed by atoms with van der Waals surface area (Å²) in [4.78, 5) is 12.0. The number of aryl methyl sites for hydroxylation is 1. The number of carbonyl (C=O) groups is 1. The van der Waals surface area contributed by atoms with Crippen LogP contribution in [0, 0.1) is 6.92 Å². The molecule has 1 aliphatic rings. The smallest absolute Gasteiger partial charge is 0.221 e. The number of benzene rings is 1. The van der Waals surface area contributed by atoms with Crippen LogP contribution in [-0.4, -0.2) is 18.0 Å². The van der Waals surface area contributed by atoms with E-state index in [-0.39, 0.29) is 11.4 Å². The first-order chi connectivity index (χ1) is 9.59. The molecule has 0 radical (unpaired) electrons. The van der Waals surface area contributed by atoms with Gasteiger partial charge in [0, 0.05) is 18.5 Å². The summed E-state index contributed by atoms with van der Waals surface area (Å²) in [6.07, 6.45) is 6.90. The third kappa shape index (κ3) is 4.34. The summed E-state index contributed by atoms with van der Waals surface area (Å²) in [5.41, 5.74) is 8.63. The fourth-order valence-corrected chi connectivity index (χ4v) is 3.04. The maximum atomic E-state index is 12.0. The lowest BCUT2D eigenvalue weighted by Gasteiger charge is -2.32. The van der Waals surface area contributed by atoms with Gasteiger partial charge in [0.25, 0.3) is 0 Å². The highest BCUT2D eigenvalue weighted by atomic mass is 16.1. The lowest BCUT2D eigenvalue weighted by Crippen LogP contribution is -2.46. The highest BCUT2D eigenvalue weighted by Gasteiger charge is 2.29. The first kappa shape index (κ1) is 15.0. The lowest BCUT2D eigenvalue weighted by atomic mass is 9.80. The van der Waals surface area contributed by atoms with Gasteiger partial charge in [0.15, 0.2) is 0 Å². The summed E-state index contributed by atoms with van der Waals surface area (Å²) in [5.74, 6) is 0.1000. The van der Waals surface area contributed by atoms with E-state index >= 15 is 0 Å². The molecule has 0 atom stereocenters. The van der Waals surface area contributed by atoms with E-state index in [4.69, 9.17) is 5.73 Å². The van der Waals surface area contributed by atoms with Gasteiger partial charge in [0.2, 0.25) is 5.91 Å². The molecule has 110 valence electrons. The van der Waals surface area contributed by atoms with Gasteiger partial charge in [0.1, 0.15) is 0 Å². The van der Waals surface area contributed by atoms with Gasteiger partial charge < -0.3 is 11.1 Å². The van der Waals surface area contributed by atoms with Crippen molar-refractivity contribution >= 4 is 5.91 Å². The molecule has 0 unspecified atom stereocenters. The van der Waals surface area contributed by atoms with Crippen molar-refractivity contribution in [2.45, 2.75) is 57.4 Å². The second kappa shape index (κ2) is 6.89. The van der Waals surface area contributed by atoms with E-state index in [1.807, 2.05) is 12.1 Å². The van der Waals surface area contributed by atoms with Crippen LogP contribution in [0.5, 0.6) is 0 Å². The van der Waals surface area contributed by atoms with Gasteiger partial charge in [-0.3, -0.25) is 4.79 Å². The molecular weight excluding hydrogens is 248 g/mol. The molecule has 0 aromatic heterocycles. The molecule has 3 nitrogen and oxygen atoms in total. The van der Waals surface area contributed by atoms with E-state index in [9.17, 15) is 4.79 Å². The summed E-state index contributed by atoms with van der Waals surface area (Å²) in [6, 6.07) is 8.31. The molecule has 2 rings (SSSR count). The van der Waals surface area contributed by atoms with Crippen LogP contribution in [0.25, 0.3) is 0 Å². The largest absolute Gasteiger partial charge is 0.356 e.